The van der Waals surface area contributed by atoms with Gasteiger partial charge in [-0.25, -0.2) is 9.98 Å². The van der Waals surface area contributed by atoms with E-state index in [2.05, 4.69) is 25.3 Å². The number of aliphatic imine (C=N–C) groups is 1. The molecule has 2 rings (SSSR count). The molecule has 1 amide bonds. The minimum Gasteiger partial charge on any atom is -0.468 e. The van der Waals surface area contributed by atoms with E-state index in [9.17, 15) is 18.0 Å². The molecule has 1 aliphatic rings. The molecular formula is C20H30F3N5O2. The topological polar surface area (TPSA) is 78.9 Å². The molecule has 1 aromatic heterocycles. The van der Waals surface area contributed by atoms with Crippen molar-refractivity contribution in [2.24, 2.45) is 4.99 Å². The molecule has 2 heterocycles. The van der Waals surface area contributed by atoms with Crippen molar-refractivity contribution in [3.8, 4) is 5.88 Å². The van der Waals surface area contributed by atoms with Gasteiger partial charge in [0, 0.05) is 44.9 Å². The number of nitrogens with one attached hydrogen (secondary N) is 2. The van der Waals surface area contributed by atoms with E-state index in [1.54, 1.807) is 6.07 Å². The Balaban J connectivity index is 1.81. The number of halogens is 3. The van der Waals surface area contributed by atoms with Crippen LogP contribution < -0.4 is 15.4 Å². The van der Waals surface area contributed by atoms with Gasteiger partial charge < -0.3 is 20.3 Å². The SMILES string of the molecule is CCNC(=NCc1ccnc(OCC(F)(F)F)c1)NCCCN1CCCCCC1=O. The fourth-order valence-corrected chi connectivity index (χ4v) is 3.05. The van der Waals surface area contributed by atoms with Gasteiger partial charge in [0.05, 0.1) is 6.54 Å². The first-order valence-electron chi connectivity index (χ1n) is 10.3. The second-order valence-corrected chi connectivity index (χ2v) is 7.07. The molecule has 10 heteroatoms. The van der Waals surface area contributed by atoms with Crippen LogP contribution in [0.1, 0.15) is 44.6 Å². The lowest BCUT2D eigenvalue weighted by molar-refractivity contribution is -0.154. The first-order chi connectivity index (χ1) is 14.4. The van der Waals surface area contributed by atoms with E-state index in [1.165, 1.54) is 12.3 Å². The Hall–Kier alpha value is -2.52. The predicted octanol–water partition coefficient (Wildman–Crippen LogP) is 2.87. The number of likely N-dealkylation sites (tertiary alicyclic amines) is 1. The average molecular weight is 429 g/mol. The van der Waals surface area contributed by atoms with Crippen LogP contribution in [0.15, 0.2) is 23.3 Å². The minimum absolute atomic E-state index is 0.0832. The van der Waals surface area contributed by atoms with Crippen LogP contribution in [-0.4, -0.2) is 60.7 Å². The molecule has 0 atom stereocenters. The molecule has 1 saturated heterocycles. The Labute approximate surface area is 175 Å². The number of hydrogen-bond acceptors (Lipinski definition) is 4. The molecule has 0 radical (unpaired) electrons. The zero-order valence-corrected chi connectivity index (χ0v) is 17.3. The first kappa shape index (κ1) is 23.8. The predicted molar refractivity (Wildman–Crippen MR) is 108 cm³/mol. The Bertz CT molecular complexity index is 697. The minimum atomic E-state index is -4.41. The van der Waals surface area contributed by atoms with E-state index in [0.717, 1.165) is 38.8 Å². The number of carbonyl (C=O) groups excluding carboxylic acids is 1. The summed E-state index contributed by atoms with van der Waals surface area (Å²) in [7, 11) is 0. The van der Waals surface area contributed by atoms with Crippen molar-refractivity contribution in [3.63, 3.8) is 0 Å². The monoisotopic (exact) mass is 429 g/mol. The molecule has 1 fully saturated rings. The third-order valence-corrected chi connectivity index (χ3v) is 4.52. The number of aromatic nitrogens is 1. The number of amides is 1. The number of nitrogens with zero attached hydrogens (tertiary/aromatic N) is 3. The molecule has 7 nitrogen and oxygen atoms in total. The van der Waals surface area contributed by atoms with Gasteiger partial charge in [0.1, 0.15) is 0 Å². The van der Waals surface area contributed by atoms with E-state index < -0.39 is 12.8 Å². The van der Waals surface area contributed by atoms with Crippen LogP contribution in [0.3, 0.4) is 0 Å². The van der Waals surface area contributed by atoms with E-state index in [1.807, 2.05) is 11.8 Å². The average Bonchev–Trinajstić information content (AvgIpc) is 2.91. The van der Waals surface area contributed by atoms with Gasteiger partial charge in [0.25, 0.3) is 0 Å². The zero-order valence-electron chi connectivity index (χ0n) is 17.3. The number of ether oxygens (including phenoxy) is 1. The van der Waals surface area contributed by atoms with Crippen molar-refractivity contribution in [2.45, 2.75) is 51.7 Å². The van der Waals surface area contributed by atoms with Gasteiger partial charge in [-0.15, -0.1) is 0 Å². The zero-order chi connectivity index (χ0) is 21.8. The summed E-state index contributed by atoms with van der Waals surface area (Å²) in [5.41, 5.74) is 0.689. The largest absolute Gasteiger partial charge is 0.468 e. The highest BCUT2D eigenvalue weighted by Gasteiger charge is 2.28. The van der Waals surface area contributed by atoms with Gasteiger partial charge in [-0.3, -0.25) is 4.79 Å². The molecule has 1 aliphatic heterocycles. The summed E-state index contributed by atoms with van der Waals surface area (Å²) in [6.45, 7) is 3.71. The molecule has 0 unspecified atom stereocenters. The van der Waals surface area contributed by atoms with Gasteiger partial charge in [-0.05, 0) is 37.8 Å². The summed E-state index contributed by atoms with van der Waals surface area (Å²) < 4.78 is 41.5. The van der Waals surface area contributed by atoms with Crippen molar-refractivity contribution in [1.29, 1.82) is 0 Å². The van der Waals surface area contributed by atoms with Gasteiger partial charge in [-0.1, -0.05) is 6.42 Å². The molecule has 2 N–H and O–H groups in total. The van der Waals surface area contributed by atoms with Crippen LogP contribution in [0.2, 0.25) is 0 Å². The quantitative estimate of drug-likeness (QED) is 0.359. The molecule has 0 spiro atoms. The van der Waals surface area contributed by atoms with Gasteiger partial charge >= 0.3 is 6.18 Å². The molecule has 168 valence electrons. The molecule has 30 heavy (non-hydrogen) atoms. The summed E-state index contributed by atoms with van der Waals surface area (Å²) in [5.74, 6) is 0.753. The first-order valence-corrected chi connectivity index (χ1v) is 10.3. The summed E-state index contributed by atoms with van der Waals surface area (Å²) in [6.07, 6.45) is 1.58. The molecule has 0 aromatic carbocycles. The second kappa shape index (κ2) is 12.2. The third kappa shape index (κ3) is 9.32. The number of hydrogen-bond donors (Lipinski definition) is 2. The summed E-state index contributed by atoms with van der Waals surface area (Å²) in [6, 6.07) is 3.13. The van der Waals surface area contributed by atoms with Crippen LogP contribution in [0.25, 0.3) is 0 Å². The molecular weight excluding hydrogens is 399 g/mol. The lowest BCUT2D eigenvalue weighted by Gasteiger charge is -2.20. The fraction of sp³-hybridized carbons (Fsp3) is 0.650. The molecule has 0 saturated carbocycles. The Morgan fingerprint density at radius 1 is 1.30 bits per heavy atom. The van der Waals surface area contributed by atoms with Crippen LogP contribution in [-0.2, 0) is 11.3 Å². The van der Waals surface area contributed by atoms with E-state index in [0.29, 0.717) is 31.0 Å². The summed E-state index contributed by atoms with van der Waals surface area (Å²) in [4.78, 5) is 22.2. The highest BCUT2D eigenvalue weighted by atomic mass is 19.4. The maximum absolute atomic E-state index is 12.3. The van der Waals surface area contributed by atoms with E-state index >= 15 is 0 Å². The lowest BCUT2D eigenvalue weighted by atomic mass is 10.2. The van der Waals surface area contributed by atoms with Crippen molar-refractivity contribution in [1.82, 2.24) is 20.5 Å². The van der Waals surface area contributed by atoms with Crippen molar-refractivity contribution < 1.29 is 22.7 Å². The maximum atomic E-state index is 12.3. The summed E-state index contributed by atoms with van der Waals surface area (Å²) >= 11 is 0. The lowest BCUT2D eigenvalue weighted by Crippen LogP contribution is -2.39. The number of guanidine groups is 1. The molecule has 0 aliphatic carbocycles. The van der Waals surface area contributed by atoms with Crippen LogP contribution in [0.4, 0.5) is 13.2 Å². The van der Waals surface area contributed by atoms with Crippen LogP contribution in [0.5, 0.6) is 5.88 Å². The maximum Gasteiger partial charge on any atom is 0.422 e. The molecule has 1 aromatic rings. The van der Waals surface area contributed by atoms with Crippen molar-refractivity contribution in [2.75, 3.05) is 32.8 Å². The second-order valence-electron chi connectivity index (χ2n) is 7.07. The smallest absolute Gasteiger partial charge is 0.422 e. The van der Waals surface area contributed by atoms with Crippen LogP contribution >= 0.6 is 0 Å². The fourth-order valence-electron chi connectivity index (χ4n) is 3.05. The number of alkyl halides is 3. The highest BCUT2D eigenvalue weighted by molar-refractivity contribution is 5.79. The van der Waals surface area contributed by atoms with Gasteiger partial charge in [-0.2, -0.15) is 13.2 Å². The van der Waals surface area contributed by atoms with E-state index in [-0.39, 0.29) is 18.3 Å². The number of pyridine rings is 1. The number of rotatable bonds is 9. The number of carbonyl (C=O) groups is 1. The van der Waals surface area contributed by atoms with Gasteiger partial charge in [0.15, 0.2) is 12.6 Å². The van der Waals surface area contributed by atoms with Gasteiger partial charge in [0.2, 0.25) is 11.8 Å². The van der Waals surface area contributed by atoms with Crippen molar-refractivity contribution in [3.05, 3.63) is 23.9 Å². The van der Waals surface area contributed by atoms with Crippen LogP contribution in [0, 0.1) is 0 Å². The normalized spacial score (nSPS) is 15.7. The Morgan fingerprint density at radius 3 is 2.90 bits per heavy atom. The van der Waals surface area contributed by atoms with Crippen molar-refractivity contribution >= 4 is 11.9 Å². The summed E-state index contributed by atoms with van der Waals surface area (Å²) in [5, 5.41) is 6.36. The Morgan fingerprint density at radius 2 is 2.13 bits per heavy atom. The Kier molecular flexibility index (Phi) is 9.69. The highest BCUT2D eigenvalue weighted by Crippen LogP contribution is 2.17. The molecule has 0 bridgehead atoms. The third-order valence-electron chi connectivity index (χ3n) is 4.52. The van der Waals surface area contributed by atoms with E-state index in [4.69, 9.17) is 0 Å². The standard InChI is InChI=1S/C20H30F3N5O2/c1-2-24-19(26-9-6-12-28-11-5-3-4-7-18(28)29)27-14-16-8-10-25-17(13-16)30-15-20(21,22)23/h8,10,13H,2-7,9,11-12,14-15H2,1H3,(H2,24,26,27).